The van der Waals surface area contributed by atoms with Crippen LogP contribution in [0.4, 0.5) is 0 Å². The summed E-state index contributed by atoms with van der Waals surface area (Å²) in [4.78, 5) is 0. The third-order valence-electron chi connectivity index (χ3n) is 4.93. The number of rotatable bonds is 4. The number of benzene rings is 1. The van der Waals surface area contributed by atoms with Gasteiger partial charge in [0.05, 0.1) is 5.75 Å². The van der Waals surface area contributed by atoms with Gasteiger partial charge in [0.2, 0.25) is 10.0 Å². The summed E-state index contributed by atoms with van der Waals surface area (Å²) in [7, 11) is -3.17. The topological polar surface area (TPSA) is 46.6 Å². The van der Waals surface area contributed by atoms with E-state index in [4.69, 9.17) is 4.74 Å². The van der Waals surface area contributed by atoms with Gasteiger partial charge in [0, 0.05) is 25.8 Å². The molecule has 0 amide bonds. The van der Waals surface area contributed by atoms with Crippen LogP contribution in [0.1, 0.15) is 37.7 Å². The van der Waals surface area contributed by atoms with Gasteiger partial charge in [-0.25, -0.2) is 8.42 Å². The maximum atomic E-state index is 12.8. The average Bonchev–Trinajstić information content (AvgIpc) is 2.92. The Morgan fingerprint density at radius 2 is 1.86 bits per heavy atom. The molecule has 2 fully saturated rings. The maximum absolute atomic E-state index is 12.8. The molecular weight excluding hydrogens is 298 g/mol. The minimum atomic E-state index is -3.17. The zero-order valence-corrected chi connectivity index (χ0v) is 14.0. The highest BCUT2D eigenvalue weighted by molar-refractivity contribution is 7.89. The lowest BCUT2D eigenvalue weighted by Gasteiger charge is -2.26. The minimum Gasteiger partial charge on any atom is -0.381 e. The predicted molar refractivity (Wildman–Crippen MR) is 87.3 cm³/mol. The molecule has 0 bridgehead atoms. The highest BCUT2D eigenvalue weighted by Crippen LogP contribution is 2.34. The lowest BCUT2D eigenvalue weighted by molar-refractivity contribution is 0.0720. The van der Waals surface area contributed by atoms with Gasteiger partial charge in [0.1, 0.15) is 0 Å². The third-order valence-corrected chi connectivity index (χ3v) is 7.05. The molecule has 5 heteroatoms. The molecule has 4 nitrogen and oxygen atoms in total. The molecule has 122 valence electrons. The number of nitrogens with zero attached hydrogens (tertiary/aromatic N) is 1. The standard InChI is InChI=1S/C17H25NO3S/c1-14-11-17(16-5-3-2-4-6-16)12-18(14)22(19,20)13-15-7-9-21-10-8-15/h2-6,14-15,17H,7-13H2,1H3/t14-,17-/m1/s1. The Morgan fingerprint density at radius 3 is 2.55 bits per heavy atom. The fourth-order valence-electron chi connectivity index (χ4n) is 3.66. The molecule has 0 radical (unpaired) electrons. The molecule has 2 aliphatic rings. The largest absolute Gasteiger partial charge is 0.381 e. The van der Waals surface area contributed by atoms with E-state index in [1.807, 2.05) is 25.1 Å². The molecule has 0 spiro atoms. The van der Waals surface area contributed by atoms with Gasteiger partial charge in [-0.1, -0.05) is 30.3 Å². The number of hydrogen-bond donors (Lipinski definition) is 0. The smallest absolute Gasteiger partial charge is 0.214 e. The monoisotopic (exact) mass is 323 g/mol. The molecule has 0 saturated carbocycles. The van der Waals surface area contributed by atoms with E-state index >= 15 is 0 Å². The number of ether oxygens (including phenoxy) is 1. The van der Waals surface area contributed by atoms with Crippen molar-refractivity contribution in [2.45, 2.75) is 38.1 Å². The molecule has 1 aromatic carbocycles. The molecule has 0 aromatic heterocycles. The van der Waals surface area contributed by atoms with Crippen LogP contribution in [-0.2, 0) is 14.8 Å². The first-order chi connectivity index (χ1) is 10.6. The predicted octanol–water partition coefficient (Wildman–Crippen LogP) is 2.62. The minimum absolute atomic E-state index is 0.0926. The fourth-order valence-corrected chi connectivity index (χ4v) is 5.82. The number of hydrogen-bond acceptors (Lipinski definition) is 3. The Hall–Kier alpha value is -0.910. The van der Waals surface area contributed by atoms with E-state index in [1.165, 1.54) is 5.56 Å². The summed E-state index contributed by atoms with van der Waals surface area (Å²) in [5, 5.41) is 0. The summed E-state index contributed by atoms with van der Waals surface area (Å²) in [6.45, 7) is 4.05. The van der Waals surface area contributed by atoms with Crippen LogP contribution in [0.5, 0.6) is 0 Å². The van der Waals surface area contributed by atoms with E-state index < -0.39 is 10.0 Å². The summed E-state index contributed by atoms with van der Waals surface area (Å²) in [6.07, 6.45) is 2.64. The fraction of sp³-hybridized carbons (Fsp3) is 0.647. The molecule has 0 unspecified atom stereocenters. The van der Waals surface area contributed by atoms with Crippen LogP contribution in [-0.4, -0.2) is 44.3 Å². The normalized spacial score (nSPS) is 28.0. The van der Waals surface area contributed by atoms with Crippen molar-refractivity contribution in [2.75, 3.05) is 25.5 Å². The van der Waals surface area contributed by atoms with Gasteiger partial charge in [-0.05, 0) is 43.6 Å². The van der Waals surface area contributed by atoms with Gasteiger partial charge < -0.3 is 4.74 Å². The Labute approximate surface area is 133 Å². The first-order valence-corrected chi connectivity index (χ1v) is 9.79. The van der Waals surface area contributed by atoms with E-state index in [1.54, 1.807) is 4.31 Å². The SMILES string of the molecule is C[C@@H]1C[C@@H](c2ccccc2)CN1S(=O)(=O)CC1CCOCC1. The molecule has 0 aliphatic carbocycles. The Kier molecular flexibility index (Phi) is 4.85. The third kappa shape index (κ3) is 3.53. The van der Waals surface area contributed by atoms with E-state index in [-0.39, 0.29) is 17.7 Å². The molecule has 1 aromatic rings. The van der Waals surface area contributed by atoms with Crippen molar-refractivity contribution >= 4 is 10.0 Å². The Balaban J connectivity index is 1.68. The summed E-state index contributed by atoms with van der Waals surface area (Å²) in [5.41, 5.74) is 1.25. The molecule has 3 rings (SSSR count). The molecule has 2 heterocycles. The van der Waals surface area contributed by atoms with Crippen LogP contribution in [0.2, 0.25) is 0 Å². The first-order valence-electron chi connectivity index (χ1n) is 8.18. The zero-order valence-electron chi connectivity index (χ0n) is 13.1. The van der Waals surface area contributed by atoms with Crippen molar-refractivity contribution in [3.05, 3.63) is 35.9 Å². The highest BCUT2D eigenvalue weighted by atomic mass is 32.2. The lowest BCUT2D eigenvalue weighted by Crippen LogP contribution is -2.38. The summed E-state index contributed by atoms with van der Waals surface area (Å²) in [6, 6.07) is 10.4. The van der Waals surface area contributed by atoms with Gasteiger partial charge >= 0.3 is 0 Å². The highest BCUT2D eigenvalue weighted by Gasteiger charge is 2.38. The maximum Gasteiger partial charge on any atom is 0.214 e. The quantitative estimate of drug-likeness (QED) is 0.856. The molecule has 22 heavy (non-hydrogen) atoms. The van der Waals surface area contributed by atoms with Gasteiger partial charge in [0.15, 0.2) is 0 Å². The van der Waals surface area contributed by atoms with E-state index in [0.29, 0.717) is 25.7 Å². The van der Waals surface area contributed by atoms with Gasteiger partial charge in [0.25, 0.3) is 0 Å². The van der Waals surface area contributed by atoms with E-state index in [0.717, 1.165) is 19.3 Å². The average molecular weight is 323 g/mol. The van der Waals surface area contributed by atoms with Crippen LogP contribution in [0.25, 0.3) is 0 Å². The van der Waals surface area contributed by atoms with E-state index in [2.05, 4.69) is 12.1 Å². The van der Waals surface area contributed by atoms with Gasteiger partial charge in [-0.3, -0.25) is 0 Å². The summed E-state index contributed by atoms with van der Waals surface area (Å²) < 4.78 is 32.6. The van der Waals surface area contributed by atoms with Crippen LogP contribution in [0.15, 0.2) is 30.3 Å². The van der Waals surface area contributed by atoms with Crippen molar-refractivity contribution in [2.24, 2.45) is 5.92 Å². The van der Waals surface area contributed by atoms with Crippen LogP contribution in [0.3, 0.4) is 0 Å². The lowest BCUT2D eigenvalue weighted by atomic mass is 9.97. The Morgan fingerprint density at radius 1 is 1.18 bits per heavy atom. The second-order valence-electron chi connectivity index (χ2n) is 6.60. The zero-order chi connectivity index (χ0) is 15.6. The van der Waals surface area contributed by atoms with Gasteiger partial charge in [-0.15, -0.1) is 0 Å². The summed E-state index contributed by atoms with van der Waals surface area (Å²) in [5.74, 6) is 0.852. The van der Waals surface area contributed by atoms with Crippen molar-refractivity contribution in [3.63, 3.8) is 0 Å². The van der Waals surface area contributed by atoms with Crippen molar-refractivity contribution in [3.8, 4) is 0 Å². The molecule has 2 atom stereocenters. The number of sulfonamides is 1. The van der Waals surface area contributed by atoms with Gasteiger partial charge in [-0.2, -0.15) is 4.31 Å². The van der Waals surface area contributed by atoms with Crippen molar-refractivity contribution in [1.82, 2.24) is 4.31 Å². The molecule has 2 saturated heterocycles. The van der Waals surface area contributed by atoms with Crippen molar-refractivity contribution in [1.29, 1.82) is 0 Å². The second-order valence-corrected chi connectivity index (χ2v) is 8.56. The molecular formula is C17H25NO3S. The second kappa shape index (κ2) is 6.69. The molecule has 0 N–H and O–H groups in total. The summed E-state index contributed by atoms with van der Waals surface area (Å²) >= 11 is 0. The Bertz CT molecular complexity index is 581. The van der Waals surface area contributed by atoms with Crippen LogP contribution >= 0.6 is 0 Å². The van der Waals surface area contributed by atoms with E-state index in [9.17, 15) is 8.42 Å². The van der Waals surface area contributed by atoms with Crippen molar-refractivity contribution < 1.29 is 13.2 Å². The first kappa shape index (κ1) is 16.0. The molecule has 2 aliphatic heterocycles. The van der Waals surface area contributed by atoms with Crippen LogP contribution < -0.4 is 0 Å². The van der Waals surface area contributed by atoms with Crippen LogP contribution in [0, 0.1) is 5.92 Å².